The second-order valence-corrected chi connectivity index (χ2v) is 7.45. The van der Waals surface area contributed by atoms with Crippen LogP contribution in [0.5, 0.6) is 0 Å². The highest BCUT2D eigenvalue weighted by atomic mass is 32.2. The van der Waals surface area contributed by atoms with Crippen molar-refractivity contribution in [3.8, 4) is 0 Å². The van der Waals surface area contributed by atoms with Gasteiger partial charge in [-0.25, -0.2) is 17.9 Å². The van der Waals surface area contributed by atoms with Crippen LogP contribution in [0.1, 0.15) is 48.5 Å². The summed E-state index contributed by atoms with van der Waals surface area (Å²) in [6.07, 6.45) is 4.37. The summed E-state index contributed by atoms with van der Waals surface area (Å²) < 4.78 is 27.4. The SMILES string of the molecule is Cc1ccc(S(=O)(=O)N[C@H](C)C2CCCC2)cc1C(=O)O. The van der Waals surface area contributed by atoms with E-state index in [9.17, 15) is 13.2 Å². The van der Waals surface area contributed by atoms with Gasteiger partial charge in [-0.3, -0.25) is 0 Å². The van der Waals surface area contributed by atoms with E-state index in [4.69, 9.17) is 5.11 Å². The molecule has 6 heteroatoms. The average Bonchev–Trinajstić information content (AvgIpc) is 2.92. The van der Waals surface area contributed by atoms with Crippen LogP contribution >= 0.6 is 0 Å². The molecule has 0 aromatic heterocycles. The maximum atomic E-state index is 12.4. The number of carboxylic acids is 1. The molecule has 1 saturated carbocycles. The monoisotopic (exact) mass is 311 g/mol. The first kappa shape index (κ1) is 16.0. The predicted molar refractivity (Wildman–Crippen MR) is 79.9 cm³/mol. The molecule has 116 valence electrons. The smallest absolute Gasteiger partial charge is 0.335 e. The van der Waals surface area contributed by atoms with E-state index in [1.54, 1.807) is 6.92 Å². The largest absolute Gasteiger partial charge is 0.478 e. The number of hydrogen-bond acceptors (Lipinski definition) is 3. The molecular weight excluding hydrogens is 290 g/mol. The Hall–Kier alpha value is -1.40. The van der Waals surface area contributed by atoms with E-state index in [0.29, 0.717) is 11.5 Å². The van der Waals surface area contributed by atoms with Crippen molar-refractivity contribution < 1.29 is 18.3 Å². The molecule has 1 aromatic rings. The molecule has 1 fully saturated rings. The maximum absolute atomic E-state index is 12.4. The van der Waals surface area contributed by atoms with Gasteiger partial charge in [0.05, 0.1) is 10.5 Å². The van der Waals surface area contributed by atoms with Crippen molar-refractivity contribution in [1.29, 1.82) is 0 Å². The Morgan fingerprint density at radius 2 is 1.95 bits per heavy atom. The third-order valence-electron chi connectivity index (χ3n) is 4.20. The lowest BCUT2D eigenvalue weighted by molar-refractivity contribution is 0.0696. The number of carboxylic acid groups (broad SMARTS) is 1. The third kappa shape index (κ3) is 3.63. The lowest BCUT2D eigenvalue weighted by Gasteiger charge is -2.20. The minimum absolute atomic E-state index is 0.00958. The molecule has 2 N–H and O–H groups in total. The Balaban J connectivity index is 2.23. The number of rotatable bonds is 5. The summed E-state index contributed by atoms with van der Waals surface area (Å²) in [5.41, 5.74) is 0.566. The molecule has 0 saturated heterocycles. The lowest BCUT2D eigenvalue weighted by Crippen LogP contribution is -2.37. The number of aromatic carboxylic acids is 1. The summed E-state index contributed by atoms with van der Waals surface area (Å²) in [7, 11) is -3.68. The number of nitrogens with one attached hydrogen (secondary N) is 1. The van der Waals surface area contributed by atoms with Crippen LogP contribution in [-0.4, -0.2) is 25.5 Å². The van der Waals surface area contributed by atoms with Crippen LogP contribution in [0.4, 0.5) is 0 Å². The number of aryl methyl sites for hydroxylation is 1. The van der Waals surface area contributed by atoms with Crippen LogP contribution in [0.15, 0.2) is 23.1 Å². The van der Waals surface area contributed by atoms with E-state index in [1.165, 1.54) is 18.2 Å². The van der Waals surface area contributed by atoms with Crippen molar-refractivity contribution >= 4 is 16.0 Å². The highest BCUT2D eigenvalue weighted by Gasteiger charge is 2.26. The number of sulfonamides is 1. The number of carbonyl (C=O) groups is 1. The summed E-state index contributed by atoms with van der Waals surface area (Å²) in [4.78, 5) is 11.1. The zero-order valence-corrected chi connectivity index (χ0v) is 13.1. The lowest BCUT2D eigenvalue weighted by atomic mass is 10.0. The van der Waals surface area contributed by atoms with Crippen molar-refractivity contribution in [1.82, 2.24) is 4.72 Å². The Labute approximate surface area is 125 Å². The fraction of sp³-hybridized carbons (Fsp3) is 0.533. The van der Waals surface area contributed by atoms with Gasteiger partial charge in [-0.05, 0) is 50.3 Å². The van der Waals surface area contributed by atoms with E-state index in [1.807, 2.05) is 6.92 Å². The Bertz CT molecular complexity index is 633. The molecule has 1 atom stereocenters. The second-order valence-electron chi connectivity index (χ2n) is 5.74. The van der Waals surface area contributed by atoms with Crippen LogP contribution in [0.3, 0.4) is 0 Å². The molecular formula is C15H21NO4S. The zero-order chi connectivity index (χ0) is 15.6. The average molecular weight is 311 g/mol. The van der Waals surface area contributed by atoms with Gasteiger partial charge in [-0.15, -0.1) is 0 Å². The quantitative estimate of drug-likeness (QED) is 0.875. The molecule has 21 heavy (non-hydrogen) atoms. The van der Waals surface area contributed by atoms with Gasteiger partial charge in [0, 0.05) is 6.04 Å². The molecule has 5 nitrogen and oxygen atoms in total. The normalized spacial score (nSPS) is 17.8. The molecule has 2 rings (SSSR count). The Kier molecular flexibility index (Phi) is 4.68. The molecule has 1 aromatic carbocycles. The van der Waals surface area contributed by atoms with Gasteiger partial charge in [0.2, 0.25) is 10.0 Å². The van der Waals surface area contributed by atoms with Crippen molar-refractivity contribution in [2.75, 3.05) is 0 Å². The van der Waals surface area contributed by atoms with E-state index < -0.39 is 16.0 Å². The van der Waals surface area contributed by atoms with Gasteiger partial charge in [0.1, 0.15) is 0 Å². The first-order valence-electron chi connectivity index (χ1n) is 7.17. The van der Waals surface area contributed by atoms with Crippen LogP contribution < -0.4 is 4.72 Å². The maximum Gasteiger partial charge on any atom is 0.335 e. The van der Waals surface area contributed by atoms with Crippen LogP contribution in [0.2, 0.25) is 0 Å². The molecule has 0 spiro atoms. The van der Waals surface area contributed by atoms with Gasteiger partial charge < -0.3 is 5.11 Å². The molecule has 0 heterocycles. The first-order chi connectivity index (χ1) is 9.81. The summed E-state index contributed by atoms with van der Waals surface area (Å²) in [5, 5.41) is 9.10. The van der Waals surface area contributed by atoms with E-state index in [-0.39, 0.29) is 16.5 Å². The minimum Gasteiger partial charge on any atom is -0.478 e. The summed E-state index contributed by atoms with van der Waals surface area (Å²) in [6.45, 7) is 3.52. The second kappa shape index (κ2) is 6.15. The number of benzene rings is 1. The van der Waals surface area contributed by atoms with Crippen LogP contribution in [0, 0.1) is 12.8 Å². The van der Waals surface area contributed by atoms with Crippen molar-refractivity contribution in [2.45, 2.75) is 50.5 Å². The molecule has 0 radical (unpaired) electrons. The Morgan fingerprint density at radius 1 is 1.33 bits per heavy atom. The standard InChI is InChI=1S/C15H21NO4S/c1-10-7-8-13(9-14(10)15(17)18)21(19,20)16-11(2)12-5-3-4-6-12/h7-9,11-12,16H,3-6H2,1-2H3,(H,17,18)/t11-/m1/s1. The fourth-order valence-electron chi connectivity index (χ4n) is 2.87. The van der Waals surface area contributed by atoms with E-state index in [2.05, 4.69) is 4.72 Å². The zero-order valence-electron chi connectivity index (χ0n) is 12.3. The third-order valence-corrected chi connectivity index (χ3v) is 5.75. The minimum atomic E-state index is -3.68. The summed E-state index contributed by atoms with van der Waals surface area (Å²) >= 11 is 0. The number of hydrogen-bond donors (Lipinski definition) is 2. The first-order valence-corrected chi connectivity index (χ1v) is 8.66. The van der Waals surface area contributed by atoms with Gasteiger partial charge in [0.25, 0.3) is 0 Å². The van der Waals surface area contributed by atoms with Gasteiger partial charge in [-0.1, -0.05) is 18.9 Å². The molecule has 1 aliphatic rings. The molecule has 1 aliphatic carbocycles. The predicted octanol–water partition coefficient (Wildman–Crippen LogP) is 2.55. The van der Waals surface area contributed by atoms with Gasteiger partial charge >= 0.3 is 5.97 Å². The van der Waals surface area contributed by atoms with E-state index >= 15 is 0 Å². The fourth-order valence-corrected chi connectivity index (χ4v) is 4.20. The molecule has 0 bridgehead atoms. The van der Waals surface area contributed by atoms with Crippen molar-refractivity contribution in [3.63, 3.8) is 0 Å². The van der Waals surface area contributed by atoms with Crippen molar-refractivity contribution in [2.24, 2.45) is 5.92 Å². The van der Waals surface area contributed by atoms with Crippen LogP contribution in [0.25, 0.3) is 0 Å². The van der Waals surface area contributed by atoms with Gasteiger partial charge in [-0.2, -0.15) is 0 Å². The van der Waals surface area contributed by atoms with Crippen molar-refractivity contribution in [3.05, 3.63) is 29.3 Å². The van der Waals surface area contributed by atoms with E-state index in [0.717, 1.165) is 25.7 Å². The Morgan fingerprint density at radius 3 is 2.52 bits per heavy atom. The topological polar surface area (TPSA) is 83.5 Å². The summed E-state index contributed by atoms with van der Waals surface area (Å²) in [6, 6.07) is 4.07. The molecule has 0 aliphatic heterocycles. The molecule has 0 amide bonds. The molecule has 0 unspecified atom stereocenters. The van der Waals surface area contributed by atoms with Gasteiger partial charge in [0.15, 0.2) is 0 Å². The highest BCUT2D eigenvalue weighted by Crippen LogP contribution is 2.28. The van der Waals surface area contributed by atoms with Crippen LogP contribution in [-0.2, 0) is 10.0 Å². The highest BCUT2D eigenvalue weighted by molar-refractivity contribution is 7.89. The summed E-state index contributed by atoms with van der Waals surface area (Å²) in [5.74, 6) is -0.752.